The van der Waals surface area contributed by atoms with Gasteiger partial charge in [0.25, 0.3) is 0 Å². The van der Waals surface area contributed by atoms with Crippen LogP contribution in [0.5, 0.6) is 0 Å². The first-order valence-electron chi connectivity index (χ1n) is 7.48. The lowest BCUT2D eigenvalue weighted by atomic mass is 10.0. The molecule has 0 saturated heterocycles. The number of nitrogens with one attached hydrogen (secondary N) is 1. The molecule has 1 aromatic carbocycles. The van der Waals surface area contributed by atoms with E-state index in [0.717, 1.165) is 17.9 Å². The quantitative estimate of drug-likeness (QED) is 0.813. The first-order chi connectivity index (χ1) is 10.0. The molecule has 5 heteroatoms. The molecule has 2 unspecified atom stereocenters. The maximum atomic E-state index is 12.0. The second-order valence-electron chi connectivity index (χ2n) is 5.83. The van der Waals surface area contributed by atoms with Crippen LogP contribution in [0.3, 0.4) is 0 Å². The van der Waals surface area contributed by atoms with E-state index in [4.69, 9.17) is 17.3 Å². The zero-order chi connectivity index (χ0) is 15.4. The van der Waals surface area contributed by atoms with E-state index in [1.807, 2.05) is 31.3 Å². The van der Waals surface area contributed by atoms with Gasteiger partial charge in [-0.15, -0.1) is 0 Å². The normalized spacial score (nSPS) is 17.6. The van der Waals surface area contributed by atoms with Crippen LogP contribution in [0.15, 0.2) is 24.3 Å². The highest BCUT2D eigenvalue weighted by atomic mass is 35.5. The van der Waals surface area contributed by atoms with Gasteiger partial charge in [0, 0.05) is 36.1 Å². The molecule has 1 saturated carbocycles. The topological polar surface area (TPSA) is 58.4 Å². The number of nitrogens with two attached hydrogens (primary N) is 1. The van der Waals surface area contributed by atoms with Gasteiger partial charge in [-0.3, -0.25) is 9.69 Å². The van der Waals surface area contributed by atoms with Crippen molar-refractivity contribution < 1.29 is 4.79 Å². The average Bonchev–Trinajstić information content (AvgIpc) is 3.28. The van der Waals surface area contributed by atoms with Crippen molar-refractivity contribution in [3.05, 3.63) is 34.9 Å². The van der Waals surface area contributed by atoms with Crippen molar-refractivity contribution in [3.63, 3.8) is 0 Å². The van der Waals surface area contributed by atoms with Crippen LogP contribution in [0.1, 0.15) is 37.8 Å². The van der Waals surface area contributed by atoms with Gasteiger partial charge in [-0.25, -0.2) is 0 Å². The Morgan fingerprint density at radius 3 is 2.57 bits per heavy atom. The van der Waals surface area contributed by atoms with Crippen molar-refractivity contribution in [1.82, 2.24) is 10.2 Å². The molecule has 0 aliphatic heterocycles. The van der Waals surface area contributed by atoms with Crippen molar-refractivity contribution >= 4 is 17.5 Å². The first-order valence-corrected chi connectivity index (χ1v) is 7.86. The van der Waals surface area contributed by atoms with Crippen molar-refractivity contribution in [2.45, 2.75) is 44.3 Å². The van der Waals surface area contributed by atoms with Crippen molar-refractivity contribution in [3.8, 4) is 0 Å². The monoisotopic (exact) mass is 309 g/mol. The number of likely N-dealkylation sites (N-methyl/N-ethyl adjacent to an activating group) is 1. The molecule has 3 N–H and O–H groups in total. The molecule has 0 radical (unpaired) electrons. The SMILES string of the molecule is CC(c1ccc(Cl)cc1)N(C)C(CN)CC(=O)NC1CC1. The van der Waals surface area contributed by atoms with E-state index in [9.17, 15) is 4.79 Å². The molecule has 4 nitrogen and oxygen atoms in total. The van der Waals surface area contributed by atoms with E-state index in [1.54, 1.807) is 0 Å². The van der Waals surface area contributed by atoms with E-state index >= 15 is 0 Å². The van der Waals surface area contributed by atoms with Gasteiger partial charge >= 0.3 is 0 Å². The Kier molecular flexibility index (Phi) is 5.62. The number of nitrogens with zero attached hydrogens (tertiary/aromatic N) is 1. The molecule has 0 spiro atoms. The minimum Gasteiger partial charge on any atom is -0.353 e. The standard InChI is InChI=1S/C16H24ClN3O/c1-11(12-3-5-13(17)6-4-12)20(2)15(10-18)9-16(21)19-14-7-8-14/h3-6,11,14-15H,7-10,18H2,1-2H3,(H,19,21). The fourth-order valence-corrected chi connectivity index (χ4v) is 2.54. The minimum absolute atomic E-state index is 0.0365. The molecule has 0 bridgehead atoms. The Labute approximate surface area is 131 Å². The average molecular weight is 310 g/mol. The highest BCUT2D eigenvalue weighted by Crippen LogP contribution is 2.24. The molecule has 2 atom stereocenters. The molecule has 0 heterocycles. The molecule has 116 valence electrons. The summed E-state index contributed by atoms with van der Waals surface area (Å²) in [5.74, 6) is 0.100. The maximum Gasteiger partial charge on any atom is 0.221 e. The number of halogens is 1. The molecule has 21 heavy (non-hydrogen) atoms. The Morgan fingerprint density at radius 2 is 2.05 bits per heavy atom. The molecule has 1 aromatic rings. The number of hydrogen-bond acceptors (Lipinski definition) is 3. The molecule has 1 aliphatic carbocycles. The number of benzene rings is 1. The zero-order valence-corrected chi connectivity index (χ0v) is 13.4. The first kappa shape index (κ1) is 16.3. The van der Waals surface area contributed by atoms with Crippen molar-refractivity contribution in [2.75, 3.05) is 13.6 Å². The number of hydrogen-bond donors (Lipinski definition) is 2. The van der Waals surface area contributed by atoms with Gasteiger partial charge in [-0.05, 0) is 44.5 Å². The predicted molar refractivity (Wildman–Crippen MR) is 86.3 cm³/mol. The van der Waals surface area contributed by atoms with E-state index in [1.165, 1.54) is 5.56 Å². The summed E-state index contributed by atoms with van der Waals surface area (Å²) in [6.45, 7) is 2.58. The summed E-state index contributed by atoms with van der Waals surface area (Å²) >= 11 is 5.92. The van der Waals surface area contributed by atoms with Gasteiger partial charge in [0.15, 0.2) is 0 Å². The van der Waals surface area contributed by atoms with E-state index < -0.39 is 0 Å². The Balaban J connectivity index is 1.95. The third-order valence-electron chi connectivity index (χ3n) is 4.17. The number of carbonyl (C=O) groups excluding carboxylic acids is 1. The molecule has 1 fully saturated rings. The smallest absolute Gasteiger partial charge is 0.221 e. The largest absolute Gasteiger partial charge is 0.353 e. The summed E-state index contributed by atoms with van der Waals surface area (Å²) in [7, 11) is 2.02. The third-order valence-corrected chi connectivity index (χ3v) is 4.43. The van der Waals surface area contributed by atoms with E-state index in [0.29, 0.717) is 19.0 Å². The van der Waals surface area contributed by atoms with E-state index in [-0.39, 0.29) is 18.0 Å². The molecule has 0 aromatic heterocycles. The third kappa shape index (κ3) is 4.70. The van der Waals surface area contributed by atoms with Gasteiger partial charge in [0.05, 0.1) is 0 Å². The van der Waals surface area contributed by atoms with Crippen LogP contribution in [-0.2, 0) is 4.79 Å². The summed E-state index contributed by atoms with van der Waals surface area (Å²) in [5, 5.41) is 3.75. The Hall–Kier alpha value is -1.10. The molecular formula is C16H24ClN3O. The maximum absolute atomic E-state index is 12.0. The number of carbonyl (C=O) groups is 1. The summed E-state index contributed by atoms with van der Waals surface area (Å²) in [5.41, 5.74) is 7.04. The lowest BCUT2D eigenvalue weighted by Gasteiger charge is -2.32. The van der Waals surface area contributed by atoms with Gasteiger partial charge in [-0.1, -0.05) is 23.7 Å². The van der Waals surface area contributed by atoms with Gasteiger partial charge < -0.3 is 11.1 Å². The second-order valence-corrected chi connectivity index (χ2v) is 6.26. The van der Waals surface area contributed by atoms with Crippen molar-refractivity contribution in [2.24, 2.45) is 5.73 Å². The van der Waals surface area contributed by atoms with E-state index in [2.05, 4.69) is 17.1 Å². The summed E-state index contributed by atoms with van der Waals surface area (Å²) in [6, 6.07) is 8.42. The van der Waals surface area contributed by atoms with Crippen LogP contribution in [0.4, 0.5) is 0 Å². The summed E-state index contributed by atoms with van der Waals surface area (Å²) in [6.07, 6.45) is 2.66. The predicted octanol–water partition coefficient (Wildman–Crippen LogP) is 2.33. The van der Waals surface area contributed by atoms with Crippen LogP contribution in [0.2, 0.25) is 5.02 Å². The highest BCUT2D eigenvalue weighted by molar-refractivity contribution is 6.30. The van der Waals surface area contributed by atoms with Gasteiger partial charge in [0.1, 0.15) is 0 Å². The fourth-order valence-electron chi connectivity index (χ4n) is 2.41. The number of amides is 1. The van der Waals surface area contributed by atoms with Gasteiger partial charge in [0.2, 0.25) is 5.91 Å². The minimum atomic E-state index is 0.0365. The molecule has 2 rings (SSSR count). The molecule has 1 amide bonds. The van der Waals surface area contributed by atoms with Crippen LogP contribution >= 0.6 is 11.6 Å². The van der Waals surface area contributed by atoms with Crippen LogP contribution in [0.25, 0.3) is 0 Å². The van der Waals surface area contributed by atoms with Crippen LogP contribution in [0, 0.1) is 0 Å². The fraction of sp³-hybridized carbons (Fsp3) is 0.562. The summed E-state index contributed by atoms with van der Waals surface area (Å²) < 4.78 is 0. The van der Waals surface area contributed by atoms with Gasteiger partial charge in [-0.2, -0.15) is 0 Å². The molecule has 1 aliphatic rings. The van der Waals surface area contributed by atoms with Crippen LogP contribution < -0.4 is 11.1 Å². The molecular weight excluding hydrogens is 286 g/mol. The van der Waals surface area contributed by atoms with Crippen LogP contribution in [-0.4, -0.2) is 36.5 Å². The Bertz CT molecular complexity index is 473. The Morgan fingerprint density at radius 1 is 1.43 bits per heavy atom. The lowest BCUT2D eigenvalue weighted by molar-refractivity contribution is -0.122. The number of rotatable bonds is 7. The second kappa shape index (κ2) is 7.25. The highest BCUT2D eigenvalue weighted by Gasteiger charge is 2.26. The zero-order valence-electron chi connectivity index (χ0n) is 12.7. The lowest BCUT2D eigenvalue weighted by Crippen LogP contribution is -2.43. The van der Waals surface area contributed by atoms with Crippen molar-refractivity contribution in [1.29, 1.82) is 0 Å². The summed E-state index contributed by atoms with van der Waals surface area (Å²) in [4.78, 5) is 14.1.